The topological polar surface area (TPSA) is 47.9 Å². The smallest absolute Gasteiger partial charge is 0.163 e. The van der Waals surface area contributed by atoms with Gasteiger partial charge in [0.1, 0.15) is 18.5 Å². The van der Waals surface area contributed by atoms with Crippen molar-refractivity contribution in [1.82, 2.24) is 0 Å². The monoisotopic (exact) mass is 288 g/mol. The molecule has 3 rings (SSSR count). The van der Waals surface area contributed by atoms with Crippen molar-refractivity contribution in [3.8, 4) is 5.75 Å². The number of ether oxygens (including phenoxy) is 3. The van der Waals surface area contributed by atoms with E-state index in [-0.39, 0.29) is 12.7 Å². The van der Waals surface area contributed by atoms with Crippen LogP contribution in [0.15, 0.2) is 36.4 Å². The van der Waals surface area contributed by atoms with Crippen molar-refractivity contribution in [1.29, 1.82) is 0 Å². The van der Waals surface area contributed by atoms with Gasteiger partial charge in [-0.2, -0.15) is 0 Å². The first-order chi connectivity index (χ1) is 10.1. The second-order valence-corrected chi connectivity index (χ2v) is 5.76. The number of aliphatic hydroxyl groups is 1. The number of rotatable bonds is 4. The van der Waals surface area contributed by atoms with E-state index >= 15 is 0 Å². The normalized spacial score (nSPS) is 20.8. The minimum absolute atomic E-state index is 0.0348. The molecule has 0 amide bonds. The predicted octanol–water partition coefficient (Wildman–Crippen LogP) is 2.86. The van der Waals surface area contributed by atoms with Crippen LogP contribution in [0, 0.1) is 0 Å². The molecule has 0 aromatic heterocycles. The molecule has 1 aliphatic rings. The van der Waals surface area contributed by atoms with E-state index < -0.39 is 5.79 Å². The molecule has 0 bridgehead atoms. The summed E-state index contributed by atoms with van der Waals surface area (Å²) in [6.07, 6.45) is -0.0348. The first-order valence-electron chi connectivity index (χ1n) is 7.14. The molecule has 0 radical (unpaired) electrons. The van der Waals surface area contributed by atoms with Gasteiger partial charge >= 0.3 is 0 Å². The summed E-state index contributed by atoms with van der Waals surface area (Å²) < 4.78 is 17.0. The highest BCUT2D eigenvalue weighted by Gasteiger charge is 2.32. The number of benzene rings is 2. The van der Waals surface area contributed by atoms with E-state index in [0.29, 0.717) is 13.2 Å². The molecule has 0 spiro atoms. The second-order valence-electron chi connectivity index (χ2n) is 5.76. The summed E-state index contributed by atoms with van der Waals surface area (Å²) in [5, 5.41) is 11.3. The molecule has 0 unspecified atom stereocenters. The minimum Gasteiger partial charge on any atom is -0.491 e. The third-order valence-corrected chi connectivity index (χ3v) is 3.56. The molecule has 1 fully saturated rings. The highest BCUT2D eigenvalue weighted by molar-refractivity contribution is 5.84. The zero-order chi connectivity index (χ0) is 14.9. The van der Waals surface area contributed by atoms with Crippen LogP contribution < -0.4 is 4.74 Å². The van der Waals surface area contributed by atoms with Crippen molar-refractivity contribution >= 4 is 10.8 Å². The lowest BCUT2D eigenvalue weighted by Gasteiger charge is -2.17. The van der Waals surface area contributed by atoms with Gasteiger partial charge in [0.15, 0.2) is 5.79 Å². The van der Waals surface area contributed by atoms with Gasteiger partial charge in [0, 0.05) is 0 Å². The SMILES string of the molecule is CC1(C)OC[C@@H](COc2ccc3cc(CO)ccc3c2)O1. The van der Waals surface area contributed by atoms with Crippen molar-refractivity contribution in [2.45, 2.75) is 32.3 Å². The highest BCUT2D eigenvalue weighted by atomic mass is 16.7. The molecule has 0 saturated carbocycles. The summed E-state index contributed by atoms with van der Waals surface area (Å²) in [5.41, 5.74) is 0.912. The van der Waals surface area contributed by atoms with Gasteiger partial charge in [-0.25, -0.2) is 0 Å². The lowest BCUT2D eigenvalue weighted by Crippen LogP contribution is -2.25. The zero-order valence-corrected chi connectivity index (χ0v) is 12.3. The molecule has 112 valence electrons. The quantitative estimate of drug-likeness (QED) is 0.940. The van der Waals surface area contributed by atoms with E-state index in [4.69, 9.17) is 19.3 Å². The molecule has 21 heavy (non-hydrogen) atoms. The Morgan fingerprint density at radius 3 is 2.67 bits per heavy atom. The average Bonchev–Trinajstić information content (AvgIpc) is 2.83. The van der Waals surface area contributed by atoms with E-state index in [0.717, 1.165) is 22.1 Å². The fourth-order valence-electron chi connectivity index (χ4n) is 2.50. The van der Waals surface area contributed by atoms with Crippen molar-refractivity contribution < 1.29 is 19.3 Å². The van der Waals surface area contributed by atoms with Gasteiger partial charge in [-0.05, 0) is 48.4 Å². The van der Waals surface area contributed by atoms with E-state index in [1.165, 1.54) is 0 Å². The van der Waals surface area contributed by atoms with E-state index in [1.807, 2.05) is 50.2 Å². The summed E-state index contributed by atoms with van der Waals surface area (Å²) in [5.74, 6) is 0.297. The van der Waals surface area contributed by atoms with Gasteiger partial charge in [-0.3, -0.25) is 0 Å². The molecular weight excluding hydrogens is 268 g/mol. The van der Waals surface area contributed by atoms with Gasteiger partial charge in [0.2, 0.25) is 0 Å². The van der Waals surface area contributed by atoms with Crippen molar-refractivity contribution in [2.24, 2.45) is 0 Å². The standard InChI is InChI=1S/C17H20O4/c1-17(2)20-11-16(21-17)10-19-15-6-5-13-7-12(9-18)3-4-14(13)8-15/h3-8,16,18H,9-11H2,1-2H3/t16-/m1/s1. The van der Waals surface area contributed by atoms with Crippen LogP contribution >= 0.6 is 0 Å². The van der Waals surface area contributed by atoms with E-state index in [1.54, 1.807) is 0 Å². The van der Waals surface area contributed by atoms with Gasteiger partial charge in [0.25, 0.3) is 0 Å². The van der Waals surface area contributed by atoms with Gasteiger partial charge < -0.3 is 19.3 Å². The zero-order valence-electron chi connectivity index (χ0n) is 12.3. The molecule has 1 heterocycles. The second kappa shape index (κ2) is 5.64. The molecule has 1 atom stereocenters. The molecule has 4 heteroatoms. The Labute approximate surface area is 124 Å². The van der Waals surface area contributed by atoms with Crippen LogP contribution in [0.2, 0.25) is 0 Å². The minimum atomic E-state index is -0.516. The van der Waals surface area contributed by atoms with Crippen molar-refractivity contribution in [2.75, 3.05) is 13.2 Å². The molecule has 0 aliphatic carbocycles. The number of fused-ring (bicyclic) bond motifs is 1. The van der Waals surface area contributed by atoms with Crippen LogP contribution in [0.25, 0.3) is 10.8 Å². The maximum Gasteiger partial charge on any atom is 0.163 e. The maximum atomic E-state index is 9.15. The fraction of sp³-hybridized carbons (Fsp3) is 0.412. The van der Waals surface area contributed by atoms with E-state index in [2.05, 4.69) is 0 Å². The summed E-state index contributed by atoms with van der Waals surface area (Å²) >= 11 is 0. The Morgan fingerprint density at radius 1 is 1.19 bits per heavy atom. The van der Waals surface area contributed by atoms with Crippen molar-refractivity contribution in [3.05, 3.63) is 42.0 Å². The van der Waals surface area contributed by atoms with Crippen LogP contribution in [0.1, 0.15) is 19.4 Å². The Bertz CT molecular complexity index is 636. The summed E-state index contributed by atoms with van der Waals surface area (Å²) in [6.45, 7) is 4.90. The molecule has 2 aromatic carbocycles. The van der Waals surface area contributed by atoms with Gasteiger partial charge in [-0.15, -0.1) is 0 Å². The number of aliphatic hydroxyl groups excluding tert-OH is 1. The fourth-order valence-corrected chi connectivity index (χ4v) is 2.50. The van der Waals surface area contributed by atoms with Crippen LogP contribution in [0.4, 0.5) is 0 Å². The van der Waals surface area contributed by atoms with Crippen LogP contribution in [-0.4, -0.2) is 30.2 Å². The first-order valence-corrected chi connectivity index (χ1v) is 7.14. The Morgan fingerprint density at radius 2 is 1.95 bits per heavy atom. The molecule has 4 nitrogen and oxygen atoms in total. The number of hydrogen-bond donors (Lipinski definition) is 1. The van der Waals surface area contributed by atoms with Crippen LogP contribution in [0.5, 0.6) is 5.75 Å². The number of hydrogen-bond acceptors (Lipinski definition) is 4. The summed E-state index contributed by atoms with van der Waals surface area (Å²) in [4.78, 5) is 0. The lowest BCUT2D eigenvalue weighted by molar-refractivity contribution is -0.141. The largest absolute Gasteiger partial charge is 0.491 e. The third-order valence-electron chi connectivity index (χ3n) is 3.56. The Hall–Kier alpha value is -1.62. The summed E-state index contributed by atoms with van der Waals surface area (Å²) in [7, 11) is 0. The molecule has 2 aromatic rings. The first kappa shape index (κ1) is 14.3. The maximum absolute atomic E-state index is 9.15. The molecule has 1 N–H and O–H groups in total. The molecule has 1 saturated heterocycles. The Kier molecular flexibility index (Phi) is 3.85. The lowest BCUT2D eigenvalue weighted by atomic mass is 10.1. The third kappa shape index (κ3) is 3.35. The van der Waals surface area contributed by atoms with Gasteiger partial charge in [-0.1, -0.05) is 18.2 Å². The summed E-state index contributed by atoms with van der Waals surface area (Å²) in [6, 6.07) is 11.8. The van der Waals surface area contributed by atoms with Crippen LogP contribution in [-0.2, 0) is 16.1 Å². The van der Waals surface area contributed by atoms with Gasteiger partial charge in [0.05, 0.1) is 13.2 Å². The Balaban J connectivity index is 1.67. The highest BCUT2D eigenvalue weighted by Crippen LogP contribution is 2.25. The van der Waals surface area contributed by atoms with Crippen LogP contribution in [0.3, 0.4) is 0 Å². The molecule has 1 aliphatic heterocycles. The predicted molar refractivity (Wildman–Crippen MR) is 80.3 cm³/mol. The van der Waals surface area contributed by atoms with E-state index in [9.17, 15) is 0 Å². The molecular formula is C17H20O4. The average molecular weight is 288 g/mol. The van der Waals surface area contributed by atoms with Crippen molar-refractivity contribution in [3.63, 3.8) is 0 Å².